The fourth-order valence-corrected chi connectivity index (χ4v) is 1.44. The zero-order valence-electron chi connectivity index (χ0n) is 11.3. The predicted octanol–water partition coefficient (Wildman–Crippen LogP) is 3.14. The lowest BCUT2D eigenvalue weighted by Gasteiger charge is -2.24. The van der Waals surface area contributed by atoms with Crippen molar-refractivity contribution in [2.45, 2.75) is 27.2 Å². The largest absolute Gasteiger partial charge is 0.478 e. The van der Waals surface area contributed by atoms with Gasteiger partial charge in [-0.15, -0.1) is 0 Å². The molecule has 0 fully saturated rings. The van der Waals surface area contributed by atoms with Crippen molar-refractivity contribution in [3.63, 3.8) is 0 Å². The monoisotopic (exact) mass is 266 g/mol. The first-order chi connectivity index (χ1) is 8.76. The Bertz CT molecular complexity index is 497. The fraction of sp³-hybridized carbons (Fsp3) is 0.462. The van der Waals surface area contributed by atoms with Crippen molar-refractivity contribution in [3.8, 4) is 0 Å². The first-order valence-electron chi connectivity index (χ1n) is 6.02. The van der Waals surface area contributed by atoms with Crippen LogP contribution in [0.3, 0.4) is 0 Å². The van der Waals surface area contributed by atoms with Gasteiger partial charge in [0.1, 0.15) is 0 Å². The summed E-state index contributed by atoms with van der Waals surface area (Å²) < 4.78 is 0. The lowest BCUT2D eigenvalue weighted by molar-refractivity contribution is -0.384. The van der Waals surface area contributed by atoms with Crippen molar-refractivity contribution < 1.29 is 14.8 Å². The number of anilines is 1. The van der Waals surface area contributed by atoms with E-state index in [1.165, 1.54) is 12.1 Å². The van der Waals surface area contributed by atoms with Crippen molar-refractivity contribution in [3.05, 3.63) is 33.9 Å². The molecule has 19 heavy (non-hydrogen) atoms. The minimum absolute atomic E-state index is 0.0253. The number of carboxylic acids is 1. The van der Waals surface area contributed by atoms with Gasteiger partial charge in [0, 0.05) is 24.4 Å². The van der Waals surface area contributed by atoms with Gasteiger partial charge in [-0.3, -0.25) is 10.1 Å². The van der Waals surface area contributed by atoms with Gasteiger partial charge >= 0.3 is 5.97 Å². The number of rotatable bonds is 6. The summed E-state index contributed by atoms with van der Waals surface area (Å²) in [5, 5.41) is 22.8. The van der Waals surface area contributed by atoms with E-state index < -0.39 is 10.9 Å². The summed E-state index contributed by atoms with van der Waals surface area (Å²) in [7, 11) is 0. The van der Waals surface area contributed by atoms with E-state index in [0.29, 0.717) is 12.2 Å². The molecule has 0 atom stereocenters. The van der Waals surface area contributed by atoms with Crippen LogP contribution in [0.5, 0.6) is 0 Å². The molecule has 0 aliphatic rings. The average Bonchev–Trinajstić information content (AvgIpc) is 2.36. The van der Waals surface area contributed by atoms with Gasteiger partial charge in [-0.2, -0.15) is 0 Å². The summed E-state index contributed by atoms with van der Waals surface area (Å²) in [4.78, 5) is 21.2. The van der Waals surface area contributed by atoms with Crippen LogP contribution in [0.4, 0.5) is 11.4 Å². The van der Waals surface area contributed by atoms with Gasteiger partial charge in [0.25, 0.3) is 5.69 Å². The van der Waals surface area contributed by atoms with Crippen LogP contribution in [0.15, 0.2) is 18.2 Å². The Morgan fingerprint density at radius 2 is 2.11 bits per heavy atom. The summed E-state index contributed by atoms with van der Waals surface area (Å²) in [5.74, 6) is -1.18. The van der Waals surface area contributed by atoms with Crippen molar-refractivity contribution in [2.24, 2.45) is 5.41 Å². The van der Waals surface area contributed by atoms with E-state index in [1.807, 2.05) is 0 Å². The van der Waals surface area contributed by atoms with Gasteiger partial charge in [0.2, 0.25) is 0 Å². The number of carbonyl (C=O) groups is 1. The molecule has 0 spiro atoms. The summed E-state index contributed by atoms with van der Waals surface area (Å²) in [6.07, 6.45) is 0.940. The Balaban J connectivity index is 3.01. The maximum Gasteiger partial charge on any atom is 0.338 e. The Hall–Kier alpha value is -2.11. The number of non-ortho nitro benzene ring substituents is 1. The number of nitro benzene ring substituents is 1. The van der Waals surface area contributed by atoms with Gasteiger partial charge in [-0.25, -0.2) is 4.79 Å². The molecule has 6 heteroatoms. The first kappa shape index (κ1) is 14.9. The molecule has 2 N–H and O–H groups in total. The van der Waals surface area contributed by atoms with Crippen LogP contribution in [0.25, 0.3) is 0 Å². The van der Waals surface area contributed by atoms with E-state index in [-0.39, 0.29) is 16.7 Å². The molecule has 1 aromatic carbocycles. The maximum absolute atomic E-state index is 11.1. The van der Waals surface area contributed by atoms with E-state index in [0.717, 1.165) is 12.5 Å². The molecule has 104 valence electrons. The predicted molar refractivity (Wildman–Crippen MR) is 72.6 cm³/mol. The van der Waals surface area contributed by atoms with Crippen LogP contribution in [-0.2, 0) is 0 Å². The fourth-order valence-electron chi connectivity index (χ4n) is 1.44. The summed E-state index contributed by atoms with van der Waals surface area (Å²) >= 11 is 0. The zero-order valence-corrected chi connectivity index (χ0v) is 11.3. The zero-order chi connectivity index (χ0) is 14.6. The Morgan fingerprint density at radius 3 is 2.58 bits per heavy atom. The average molecular weight is 266 g/mol. The number of aromatic carboxylic acids is 1. The van der Waals surface area contributed by atoms with Crippen molar-refractivity contribution >= 4 is 17.3 Å². The molecule has 1 aromatic rings. The number of nitro groups is 1. The summed E-state index contributed by atoms with van der Waals surface area (Å²) in [5.41, 5.74) is 0.121. The molecule has 0 bridgehead atoms. The van der Waals surface area contributed by atoms with Crippen LogP contribution in [0.1, 0.15) is 37.6 Å². The molecule has 0 saturated heterocycles. The van der Waals surface area contributed by atoms with Crippen molar-refractivity contribution in [1.82, 2.24) is 0 Å². The molecule has 0 radical (unpaired) electrons. The highest BCUT2D eigenvalue weighted by molar-refractivity contribution is 5.95. The number of nitrogens with one attached hydrogen (secondary N) is 1. The number of nitrogens with zero attached hydrogens (tertiary/aromatic N) is 1. The number of hydrogen-bond donors (Lipinski definition) is 2. The molecule has 0 heterocycles. The van der Waals surface area contributed by atoms with Crippen molar-refractivity contribution in [2.75, 3.05) is 11.9 Å². The maximum atomic E-state index is 11.1. The second-order valence-corrected chi connectivity index (χ2v) is 5.16. The molecule has 0 unspecified atom stereocenters. The van der Waals surface area contributed by atoms with E-state index in [2.05, 4.69) is 26.1 Å². The van der Waals surface area contributed by atoms with Crippen LogP contribution in [0, 0.1) is 15.5 Å². The van der Waals surface area contributed by atoms with Gasteiger partial charge in [-0.05, 0) is 17.9 Å². The SMILES string of the molecule is CCC(C)(C)CNc1ccc([N+](=O)[O-])cc1C(=O)O. The molecular weight excluding hydrogens is 248 g/mol. The van der Waals surface area contributed by atoms with Gasteiger partial charge in [0.15, 0.2) is 0 Å². The first-order valence-corrected chi connectivity index (χ1v) is 6.02. The van der Waals surface area contributed by atoms with Crippen LogP contribution < -0.4 is 5.32 Å². The number of hydrogen-bond acceptors (Lipinski definition) is 4. The van der Waals surface area contributed by atoms with Crippen LogP contribution >= 0.6 is 0 Å². The Morgan fingerprint density at radius 1 is 1.47 bits per heavy atom. The van der Waals surface area contributed by atoms with Gasteiger partial charge < -0.3 is 10.4 Å². The van der Waals surface area contributed by atoms with E-state index in [4.69, 9.17) is 5.11 Å². The van der Waals surface area contributed by atoms with Gasteiger partial charge in [0.05, 0.1) is 10.5 Å². The normalized spacial score (nSPS) is 11.1. The second kappa shape index (κ2) is 5.69. The molecular formula is C13H18N2O4. The lowest BCUT2D eigenvalue weighted by Crippen LogP contribution is -2.23. The highest BCUT2D eigenvalue weighted by Gasteiger charge is 2.19. The molecule has 0 aromatic heterocycles. The molecule has 0 saturated carbocycles. The molecule has 0 aliphatic heterocycles. The second-order valence-electron chi connectivity index (χ2n) is 5.16. The lowest BCUT2D eigenvalue weighted by atomic mass is 9.90. The smallest absolute Gasteiger partial charge is 0.338 e. The van der Waals surface area contributed by atoms with Crippen molar-refractivity contribution in [1.29, 1.82) is 0 Å². The van der Waals surface area contributed by atoms with Crippen LogP contribution in [-0.4, -0.2) is 22.5 Å². The Labute approximate surface area is 111 Å². The minimum Gasteiger partial charge on any atom is -0.478 e. The van der Waals surface area contributed by atoms with E-state index >= 15 is 0 Å². The standard InChI is InChI=1S/C13H18N2O4/c1-4-13(2,3)8-14-11-6-5-9(15(18)19)7-10(11)12(16)17/h5-7,14H,4,8H2,1-3H3,(H,16,17). The quantitative estimate of drug-likeness (QED) is 0.609. The molecule has 6 nitrogen and oxygen atoms in total. The molecule has 1 rings (SSSR count). The van der Waals surface area contributed by atoms with Gasteiger partial charge in [-0.1, -0.05) is 20.8 Å². The summed E-state index contributed by atoms with van der Waals surface area (Å²) in [6.45, 7) is 6.77. The Kier molecular flexibility index (Phi) is 4.47. The third-order valence-electron chi connectivity index (χ3n) is 3.16. The summed E-state index contributed by atoms with van der Waals surface area (Å²) in [6, 6.07) is 3.81. The number of benzene rings is 1. The van der Waals surface area contributed by atoms with E-state index in [9.17, 15) is 14.9 Å². The third kappa shape index (κ3) is 3.94. The molecule has 0 amide bonds. The number of carboxylic acid groups (broad SMARTS) is 1. The van der Waals surface area contributed by atoms with E-state index in [1.54, 1.807) is 0 Å². The third-order valence-corrected chi connectivity index (χ3v) is 3.16. The minimum atomic E-state index is -1.18. The topological polar surface area (TPSA) is 92.5 Å². The highest BCUT2D eigenvalue weighted by Crippen LogP contribution is 2.25. The van der Waals surface area contributed by atoms with Crippen LogP contribution in [0.2, 0.25) is 0 Å². The molecule has 0 aliphatic carbocycles. The highest BCUT2D eigenvalue weighted by atomic mass is 16.6.